The highest BCUT2D eigenvalue weighted by atomic mass is 79.9. The molecular weight excluding hydrogens is 280 g/mol. The number of aryl methyl sites for hydroxylation is 1. The second-order valence-electron chi connectivity index (χ2n) is 4.31. The van der Waals surface area contributed by atoms with Crippen LogP contribution in [-0.2, 0) is 11.2 Å². The van der Waals surface area contributed by atoms with Crippen LogP contribution in [0.3, 0.4) is 0 Å². The van der Waals surface area contributed by atoms with Gasteiger partial charge in [0, 0.05) is 30.0 Å². The van der Waals surface area contributed by atoms with Crippen molar-refractivity contribution < 1.29 is 4.74 Å². The third kappa shape index (κ3) is 6.76. The summed E-state index contributed by atoms with van der Waals surface area (Å²) >= 11 is 3.39. The van der Waals surface area contributed by atoms with Gasteiger partial charge in [-0.2, -0.15) is 0 Å². The van der Waals surface area contributed by atoms with E-state index in [1.54, 1.807) is 7.11 Å². The number of nitrogens with one attached hydrogen (secondary N) is 1. The summed E-state index contributed by atoms with van der Waals surface area (Å²) in [4.78, 5) is 4.37. The molecule has 0 bridgehead atoms. The predicted octanol–water partition coefficient (Wildman–Crippen LogP) is 2.65. The van der Waals surface area contributed by atoms with Gasteiger partial charge in [0.25, 0.3) is 0 Å². The largest absolute Gasteiger partial charge is 0.383 e. The number of pyridine rings is 1. The summed E-state index contributed by atoms with van der Waals surface area (Å²) < 4.78 is 6.02. The highest BCUT2D eigenvalue weighted by Gasteiger charge is 2.03. The molecule has 0 amide bonds. The van der Waals surface area contributed by atoms with E-state index in [2.05, 4.69) is 39.2 Å². The molecule has 0 aliphatic rings. The van der Waals surface area contributed by atoms with Crippen molar-refractivity contribution in [1.29, 1.82) is 0 Å². The van der Waals surface area contributed by atoms with Crippen molar-refractivity contribution in [3.8, 4) is 0 Å². The van der Waals surface area contributed by atoms with Crippen LogP contribution in [0.4, 0.5) is 0 Å². The Bertz CT molecular complexity index is 303. The van der Waals surface area contributed by atoms with Gasteiger partial charge in [-0.25, -0.2) is 0 Å². The first-order valence-electron chi connectivity index (χ1n) is 6.02. The zero-order valence-electron chi connectivity index (χ0n) is 10.6. The molecule has 0 saturated carbocycles. The Morgan fingerprint density at radius 1 is 1.47 bits per heavy atom. The van der Waals surface area contributed by atoms with Crippen molar-refractivity contribution in [2.24, 2.45) is 5.92 Å². The molecule has 17 heavy (non-hydrogen) atoms. The highest BCUT2D eigenvalue weighted by molar-refractivity contribution is 9.10. The number of hydrogen-bond acceptors (Lipinski definition) is 3. The molecule has 96 valence electrons. The van der Waals surface area contributed by atoms with Crippen LogP contribution in [0.25, 0.3) is 0 Å². The van der Waals surface area contributed by atoms with E-state index in [-0.39, 0.29) is 0 Å². The van der Waals surface area contributed by atoms with Gasteiger partial charge < -0.3 is 10.1 Å². The minimum absolute atomic E-state index is 0.664. The van der Waals surface area contributed by atoms with Crippen LogP contribution in [0.2, 0.25) is 0 Å². The van der Waals surface area contributed by atoms with Crippen molar-refractivity contribution in [2.75, 3.05) is 26.8 Å². The second-order valence-corrected chi connectivity index (χ2v) is 5.22. The molecule has 0 fully saturated rings. The van der Waals surface area contributed by atoms with Crippen LogP contribution in [0.5, 0.6) is 0 Å². The van der Waals surface area contributed by atoms with Crippen molar-refractivity contribution in [3.05, 3.63) is 28.5 Å². The topological polar surface area (TPSA) is 34.1 Å². The van der Waals surface area contributed by atoms with Gasteiger partial charge in [0.2, 0.25) is 0 Å². The van der Waals surface area contributed by atoms with E-state index >= 15 is 0 Å². The first-order valence-corrected chi connectivity index (χ1v) is 6.81. The summed E-state index contributed by atoms with van der Waals surface area (Å²) in [5.74, 6) is 0.664. The number of methoxy groups -OCH3 is 1. The fourth-order valence-corrected chi connectivity index (χ4v) is 1.81. The van der Waals surface area contributed by atoms with Crippen LogP contribution in [-0.4, -0.2) is 31.8 Å². The third-order valence-electron chi connectivity index (χ3n) is 2.66. The molecular formula is C13H21BrN2O. The number of ether oxygens (including phenoxy) is 1. The zero-order chi connectivity index (χ0) is 12.5. The Labute approximate surface area is 112 Å². The fourth-order valence-electron chi connectivity index (χ4n) is 1.57. The molecule has 1 rings (SSSR count). The van der Waals surface area contributed by atoms with Gasteiger partial charge in [-0.3, -0.25) is 4.98 Å². The SMILES string of the molecule is COCCNCC(C)CCc1ccc(Br)cn1. The monoisotopic (exact) mass is 300 g/mol. The van der Waals surface area contributed by atoms with Crippen LogP contribution in [0.1, 0.15) is 19.0 Å². The minimum atomic E-state index is 0.664. The molecule has 1 atom stereocenters. The quantitative estimate of drug-likeness (QED) is 0.750. The zero-order valence-corrected chi connectivity index (χ0v) is 12.2. The standard InChI is InChI=1S/C13H21BrN2O/c1-11(9-15-7-8-17-2)3-5-13-6-4-12(14)10-16-13/h4,6,10-11,15H,3,5,7-9H2,1-2H3. The van der Waals surface area contributed by atoms with E-state index in [1.807, 2.05) is 12.3 Å². The molecule has 0 aliphatic carbocycles. The average Bonchev–Trinajstić information content (AvgIpc) is 2.34. The molecule has 3 nitrogen and oxygen atoms in total. The van der Waals surface area contributed by atoms with Crippen LogP contribution in [0.15, 0.2) is 22.8 Å². The maximum atomic E-state index is 4.99. The molecule has 0 saturated heterocycles. The third-order valence-corrected chi connectivity index (χ3v) is 3.13. The lowest BCUT2D eigenvalue weighted by Crippen LogP contribution is -2.25. The Hall–Kier alpha value is -0.450. The smallest absolute Gasteiger partial charge is 0.0587 e. The Morgan fingerprint density at radius 2 is 2.29 bits per heavy atom. The fraction of sp³-hybridized carbons (Fsp3) is 0.615. The maximum Gasteiger partial charge on any atom is 0.0587 e. The van der Waals surface area contributed by atoms with Crippen molar-refractivity contribution in [2.45, 2.75) is 19.8 Å². The summed E-state index contributed by atoms with van der Waals surface area (Å²) in [6.45, 7) is 5.01. The summed E-state index contributed by atoms with van der Waals surface area (Å²) in [7, 11) is 1.73. The molecule has 1 heterocycles. The average molecular weight is 301 g/mol. The lowest BCUT2D eigenvalue weighted by atomic mass is 10.0. The predicted molar refractivity (Wildman–Crippen MR) is 74.2 cm³/mol. The van der Waals surface area contributed by atoms with Crippen LogP contribution >= 0.6 is 15.9 Å². The van der Waals surface area contributed by atoms with E-state index < -0.39 is 0 Å². The molecule has 0 aliphatic heterocycles. The van der Waals surface area contributed by atoms with Crippen molar-refractivity contribution in [1.82, 2.24) is 10.3 Å². The van der Waals surface area contributed by atoms with Gasteiger partial charge in [-0.05, 0) is 53.4 Å². The van der Waals surface area contributed by atoms with E-state index in [9.17, 15) is 0 Å². The van der Waals surface area contributed by atoms with Gasteiger partial charge in [0.15, 0.2) is 0 Å². The van der Waals surface area contributed by atoms with Gasteiger partial charge in [-0.15, -0.1) is 0 Å². The van der Waals surface area contributed by atoms with Gasteiger partial charge in [-0.1, -0.05) is 6.92 Å². The number of rotatable bonds is 8. The molecule has 0 spiro atoms. The van der Waals surface area contributed by atoms with Crippen LogP contribution in [0, 0.1) is 5.92 Å². The molecule has 0 aromatic carbocycles. The van der Waals surface area contributed by atoms with Gasteiger partial charge in [0.1, 0.15) is 0 Å². The molecule has 1 unspecified atom stereocenters. The molecule has 1 N–H and O–H groups in total. The number of aromatic nitrogens is 1. The molecule has 1 aromatic heterocycles. The summed E-state index contributed by atoms with van der Waals surface area (Å²) in [6, 6.07) is 4.12. The van der Waals surface area contributed by atoms with Crippen molar-refractivity contribution >= 4 is 15.9 Å². The molecule has 0 radical (unpaired) electrons. The lowest BCUT2D eigenvalue weighted by molar-refractivity contribution is 0.198. The lowest BCUT2D eigenvalue weighted by Gasteiger charge is -2.12. The van der Waals surface area contributed by atoms with Crippen LogP contribution < -0.4 is 5.32 Å². The number of hydrogen-bond donors (Lipinski definition) is 1. The summed E-state index contributed by atoms with van der Waals surface area (Å²) in [5, 5.41) is 3.38. The number of nitrogens with zero attached hydrogens (tertiary/aromatic N) is 1. The Morgan fingerprint density at radius 3 is 2.94 bits per heavy atom. The first kappa shape index (κ1) is 14.6. The van der Waals surface area contributed by atoms with E-state index in [0.29, 0.717) is 5.92 Å². The molecule has 1 aromatic rings. The van der Waals surface area contributed by atoms with Gasteiger partial charge >= 0.3 is 0 Å². The highest BCUT2D eigenvalue weighted by Crippen LogP contribution is 2.11. The second kappa shape index (κ2) is 8.61. The van der Waals surface area contributed by atoms with E-state index in [0.717, 1.165) is 42.7 Å². The normalized spacial score (nSPS) is 12.6. The summed E-state index contributed by atoms with van der Waals surface area (Å²) in [6.07, 6.45) is 4.06. The number of halogens is 1. The van der Waals surface area contributed by atoms with E-state index in [4.69, 9.17) is 4.74 Å². The van der Waals surface area contributed by atoms with Crippen molar-refractivity contribution in [3.63, 3.8) is 0 Å². The minimum Gasteiger partial charge on any atom is -0.383 e. The molecule has 4 heteroatoms. The summed E-state index contributed by atoms with van der Waals surface area (Å²) in [5.41, 5.74) is 1.16. The maximum absolute atomic E-state index is 4.99. The van der Waals surface area contributed by atoms with Gasteiger partial charge in [0.05, 0.1) is 6.61 Å². The Kier molecular flexibility index (Phi) is 7.40. The van der Waals surface area contributed by atoms with E-state index in [1.165, 1.54) is 0 Å². The first-order chi connectivity index (χ1) is 8.22. The Balaban J connectivity index is 2.14.